The summed E-state index contributed by atoms with van der Waals surface area (Å²) >= 11 is 0. The van der Waals surface area contributed by atoms with E-state index >= 15 is 0 Å². The van der Waals surface area contributed by atoms with Gasteiger partial charge in [0.25, 0.3) is 5.91 Å². The van der Waals surface area contributed by atoms with Crippen LogP contribution in [-0.2, 0) is 9.59 Å². The van der Waals surface area contributed by atoms with Gasteiger partial charge in [-0.3, -0.25) is 14.5 Å². The van der Waals surface area contributed by atoms with Crippen molar-refractivity contribution in [2.75, 3.05) is 18.0 Å². The highest BCUT2D eigenvalue weighted by atomic mass is 16.2. The molecule has 3 saturated heterocycles. The van der Waals surface area contributed by atoms with E-state index in [-0.39, 0.29) is 36.3 Å². The minimum atomic E-state index is -0.349. The fraction of sp³-hybridized carbons (Fsp3) is 0.438. The fourth-order valence-electron chi connectivity index (χ4n) is 3.70. The number of carbonyl (C=O) groups is 3. The third kappa shape index (κ3) is 1.83. The molecule has 3 aliphatic rings. The molecule has 6 nitrogen and oxygen atoms in total. The third-order valence-corrected chi connectivity index (χ3v) is 4.76. The number of carbonyl (C=O) groups excluding carboxylic acids is 3. The molecule has 1 aromatic rings. The quantitative estimate of drug-likeness (QED) is 0.771. The van der Waals surface area contributed by atoms with E-state index in [0.717, 1.165) is 18.5 Å². The van der Waals surface area contributed by atoms with E-state index in [1.807, 2.05) is 30.3 Å². The first-order valence-corrected chi connectivity index (χ1v) is 7.66. The number of anilines is 1. The number of urea groups is 1. The number of imide groups is 1. The number of rotatable bonds is 2. The minimum absolute atomic E-state index is 0.0381. The summed E-state index contributed by atoms with van der Waals surface area (Å²) in [6.07, 6.45) is 1.84. The van der Waals surface area contributed by atoms with Crippen LogP contribution in [-0.4, -0.2) is 52.8 Å². The normalized spacial score (nSPS) is 28.0. The Morgan fingerprint density at radius 3 is 2.55 bits per heavy atom. The van der Waals surface area contributed by atoms with Gasteiger partial charge in [0.2, 0.25) is 5.91 Å². The highest BCUT2D eigenvalue weighted by molar-refractivity contribution is 6.06. The molecule has 0 saturated carbocycles. The molecule has 22 heavy (non-hydrogen) atoms. The lowest BCUT2D eigenvalue weighted by Crippen LogP contribution is -2.43. The zero-order valence-electron chi connectivity index (χ0n) is 12.1. The molecular weight excluding hydrogens is 282 g/mol. The lowest BCUT2D eigenvalue weighted by Gasteiger charge is -2.22. The van der Waals surface area contributed by atoms with Crippen molar-refractivity contribution in [3.63, 3.8) is 0 Å². The van der Waals surface area contributed by atoms with Crippen molar-refractivity contribution < 1.29 is 14.4 Å². The maximum Gasteiger partial charge on any atom is 0.327 e. The van der Waals surface area contributed by atoms with Crippen LogP contribution in [0.5, 0.6) is 0 Å². The minimum Gasteiger partial charge on any atom is -0.312 e. The molecule has 1 unspecified atom stereocenters. The molecular formula is C16H17N3O3. The molecule has 0 spiro atoms. The Kier molecular flexibility index (Phi) is 2.92. The highest BCUT2D eigenvalue weighted by Crippen LogP contribution is 2.32. The van der Waals surface area contributed by atoms with Gasteiger partial charge in [-0.25, -0.2) is 4.79 Å². The molecule has 114 valence electrons. The summed E-state index contributed by atoms with van der Waals surface area (Å²) in [6.45, 7) is 1.04. The second-order valence-corrected chi connectivity index (χ2v) is 6.04. The van der Waals surface area contributed by atoms with Gasteiger partial charge < -0.3 is 9.80 Å². The smallest absolute Gasteiger partial charge is 0.312 e. The molecule has 3 heterocycles. The lowest BCUT2D eigenvalue weighted by atomic mass is 10.2. The Morgan fingerprint density at radius 2 is 1.82 bits per heavy atom. The van der Waals surface area contributed by atoms with Gasteiger partial charge in [0.05, 0.1) is 6.04 Å². The number of fused-ring (bicyclic) bond motifs is 1. The molecule has 2 atom stereocenters. The molecule has 3 fully saturated rings. The van der Waals surface area contributed by atoms with Gasteiger partial charge in [-0.05, 0) is 25.0 Å². The standard InChI is InChI=1S/C16H17N3O3/c20-14-9-12(10-18(14)11-5-2-1-3-6-11)19-15(21)13-7-4-8-17(13)16(19)22/h1-3,5-6,12-13H,4,7-10H2/t12?,13-/m1/s1. The predicted octanol–water partition coefficient (Wildman–Crippen LogP) is 1.22. The highest BCUT2D eigenvalue weighted by Gasteiger charge is 2.52. The second kappa shape index (κ2) is 4.83. The van der Waals surface area contributed by atoms with Crippen molar-refractivity contribution in [2.24, 2.45) is 0 Å². The van der Waals surface area contributed by atoms with E-state index in [0.29, 0.717) is 13.1 Å². The molecule has 0 radical (unpaired) electrons. The molecule has 0 bridgehead atoms. The summed E-state index contributed by atoms with van der Waals surface area (Å²) in [6, 6.07) is 8.50. The summed E-state index contributed by atoms with van der Waals surface area (Å²) in [7, 11) is 0. The molecule has 4 amide bonds. The van der Waals surface area contributed by atoms with Crippen LogP contribution >= 0.6 is 0 Å². The monoisotopic (exact) mass is 299 g/mol. The van der Waals surface area contributed by atoms with Gasteiger partial charge in [0.15, 0.2) is 0 Å². The van der Waals surface area contributed by atoms with E-state index < -0.39 is 0 Å². The Bertz CT molecular complexity index is 623. The first kappa shape index (κ1) is 13.3. The number of hydrogen-bond acceptors (Lipinski definition) is 3. The average molecular weight is 299 g/mol. The van der Waals surface area contributed by atoms with Crippen LogP contribution in [0.25, 0.3) is 0 Å². The molecule has 6 heteroatoms. The molecule has 1 aromatic carbocycles. The Morgan fingerprint density at radius 1 is 1.05 bits per heavy atom. The number of nitrogens with zero attached hydrogens (tertiary/aromatic N) is 3. The number of benzene rings is 1. The Hall–Kier alpha value is -2.37. The van der Waals surface area contributed by atoms with Crippen LogP contribution in [0.4, 0.5) is 10.5 Å². The maximum absolute atomic E-state index is 12.5. The van der Waals surface area contributed by atoms with Crippen molar-refractivity contribution in [2.45, 2.75) is 31.3 Å². The average Bonchev–Trinajstić information content (AvgIpc) is 3.19. The van der Waals surface area contributed by atoms with Gasteiger partial charge in [0.1, 0.15) is 6.04 Å². The summed E-state index contributed by atoms with van der Waals surface area (Å²) < 4.78 is 0. The topological polar surface area (TPSA) is 60.9 Å². The lowest BCUT2D eigenvalue weighted by molar-refractivity contribution is -0.129. The predicted molar refractivity (Wildman–Crippen MR) is 79.2 cm³/mol. The molecule has 3 aliphatic heterocycles. The first-order chi connectivity index (χ1) is 10.7. The van der Waals surface area contributed by atoms with Crippen molar-refractivity contribution in [3.05, 3.63) is 30.3 Å². The molecule has 4 rings (SSSR count). The van der Waals surface area contributed by atoms with E-state index in [9.17, 15) is 14.4 Å². The van der Waals surface area contributed by atoms with Crippen molar-refractivity contribution >= 4 is 23.5 Å². The SMILES string of the molecule is O=C1CC(N2C(=O)[C@H]3CCCN3C2=O)CN1c1ccccc1. The number of para-hydroxylation sites is 1. The Balaban J connectivity index is 1.57. The molecule has 0 aliphatic carbocycles. The van der Waals surface area contributed by atoms with E-state index in [1.54, 1.807) is 9.80 Å². The van der Waals surface area contributed by atoms with Crippen molar-refractivity contribution in [1.82, 2.24) is 9.80 Å². The molecule has 0 N–H and O–H groups in total. The zero-order chi connectivity index (χ0) is 15.3. The van der Waals surface area contributed by atoms with E-state index in [2.05, 4.69) is 0 Å². The van der Waals surface area contributed by atoms with E-state index in [1.165, 1.54) is 4.90 Å². The third-order valence-electron chi connectivity index (χ3n) is 4.76. The second-order valence-electron chi connectivity index (χ2n) is 6.04. The van der Waals surface area contributed by atoms with Crippen LogP contribution in [0.1, 0.15) is 19.3 Å². The summed E-state index contributed by atoms with van der Waals surface area (Å²) in [5.41, 5.74) is 0.814. The van der Waals surface area contributed by atoms with Gasteiger partial charge in [0, 0.05) is 25.2 Å². The fourth-order valence-corrected chi connectivity index (χ4v) is 3.70. The van der Waals surface area contributed by atoms with Crippen molar-refractivity contribution in [3.8, 4) is 0 Å². The zero-order valence-corrected chi connectivity index (χ0v) is 12.1. The van der Waals surface area contributed by atoms with Crippen molar-refractivity contribution in [1.29, 1.82) is 0 Å². The summed E-state index contributed by atoms with van der Waals surface area (Å²) in [5.74, 6) is -0.168. The largest absolute Gasteiger partial charge is 0.327 e. The van der Waals surface area contributed by atoms with Gasteiger partial charge in [-0.2, -0.15) is 0 Å². The van der Waals surface area contributed by atoms with Gasteiger partial charge in [-0.1, -0.05) is 18.2 Å². The van der Waals surface area contributed by atoms with Crippen LogP contribution in [0.15, 0.2) is 30.3 Å². The van der Waals surface area contributed by atoms with Crippen LogP contribution in [0.2, 0.25) is 0 Å². The first-order valence-electron chi connectivity index (χ1n) is 7.66. The number of amides is 4. The van der Waals surface area contributed by atoms with Crippen LogP contribution < -0.4 is 4.90 Å². The molecule has 0 aromatic heterocycles. The van der Waals surface area contributed by atoms with Crippen LogP contribution in [0, 0.1) is 0 Å². The van der Waals surface area contributed by atoms with Crippen LogP contribution in [0.3, 0.4) is 0 Å². The van der Waals surface area contributed by atoms with E-state index in [4.69, 9.17) is 0 Å². The maximum atomic E-state index is 12.5. The van der Waals surface area contributed by atoms with Gasteiger partial charge in [-0.15, -0.1) is 0 Å². The summed E-state index contributed by atoms with van der Waals surface area (Å²) in [5, 5.41) is 0. The Labute approximate surface area is 128 Å². The van der Waals surface area contributed by atoms with Gasteiger partial charge >= 0.3 is 6.03 Å². The number of hydrogen-bond donors (Lipinski definition) is 0. The summed E-state index contributed by atoms with van der Waals surface area (Å²) in [4.78, 5) is 41.8.